The Morgan fingerprint density at radius 2 is 1.62 bits per heavy atom. The zero-order valence-electron chi connectivity index (χ0n) is 20.4. The highest BCUT2D eigenvalue weighted by Gasteiger charge is 2.29. The highest BCUT2D eigenvalue weighted by molar-refractivity contribution is 5.88. The van der Waals surface area contributed by atoms with Gasteiger partial charge in [-0.05, 0) is 34.9 Å². The summed E-state index contributed by atoms with van der Waals surface area (Å²) in [6.45, 7) is 13.2. The number of nitrogens with one attached hydrogen (secondary N) is 1. The van der Waals surface area contributed by atoms with Crippen molar-refractivity contribution >= 4 is 11.8 Å². The van der Waals surface area contributed by atoms with Crippen molar-refractivity contribution in [1.82, 2.24) is 10.2 Å². The van der Waals surface area contributed by atoms with E-state index in [9.17, 15) is 9.59 Å². The summed E-state index contributed by atoms with van der Waals surface area (Å²) in [5.74, 6) is 0.710. The van der Waals surface area contributed by atoms with Crippen molar-refractivity contribution in [3.8, 4) is 5.75 Å². The van der Waals surface area contributed by atoms with Gasteiger partial charge in [-0.1, -0.05) is 90.1 Å². The lowest BCUT2D eigenvalue weighted by Crippen LogP contribution is -2.50. The van der Waals surface area contributed by atoms with Crippen LogP contribution in [0.15, 0.2) is 54.6 Å². The van der Waals surface area contributed by atoms with Gasteiger partial charge in [0.2, 0.25) is 5.91 Å². The Morgan fingerprint density at radius 3 is 2.22 bits per heavy atom. The van der Waals surface area contributed by atoms with Crippen LogP contribution >= 0.6 is 0 Å². The van der Waals surface area contributed by atoms with E-state index in [0.29, 0.717) is 31.2 Å². The van der Waals surface area contributed by atoms with Crippen molar-refractivity contribution in [2.24, 2.45) is 5.92 Å². The zero-order valence-corrected chi connectivity index (χ0v) is 20.4. The molecule has 0 bridgehead atoms. The smallest absolute Gasteiger partial charge is 0.261 e. The van der Waals surface area contributed by atoms with Crippen LogP contribution < -0.4 is 10.1 Å². The molecule has 0 aromatic heterocycles. The lowest BCUT2D eigenvalue weighted by atomic mass is 9.86. The molecule has 1 unspecified atom stereocenters. The maximum atomic E-state index is 13.3. The van der Waals surface area contributed by atoms with Gasteiger partial charge in [0.05, 0.1) is 0 Å². The normalized spacial score (nSPS) is 12.3. The van der Waals surface area contributed by atoms with Crippen LogP contribution in [-0.4, -0.2) is 35.9 Å². The number of amides is 2. The molecule has 174 valence electrons. The van der Waals surface area contributed by atoms with E-state index in [-0.39, 0.29) is 23.8 Å². The van der Waals surface area contributed by atoms with E-state index in [1.165, 1.54) is 0 Å². The fraction of sp³-hybridized carbons (Fsp3) is 0.481. The lowest BCUT2D eigenvalue weighted by molar-refractivity contribution is -0.143. The number of ether oxygens (including phenoxy) is 1. The van der Waals surface area contributed by atoms with Gasteiger partial charge in [0, 0.05) is 13.1 Å². The summed E-state index contributed by atoms with van der Waals surface area (Å²) in [4.78, 5) is 27.9. The molecule has 0 saturated carbocycles. The number of carbonyl (C=O) groups excluding carboxylic acids is 2. The fourth-order valence-electron chi connectivity index (χ4n) is 3.56. The molecule has 0 fully saturated rings. The van der Waals surface area contributed by atoms with E-state index < -0.39 is 6.04 Å². The number of hydrogen-bond acceptors (Lipinski definition) is 3. The van der Waals surface area contributed by atoms with Crippen LogP contribution in [0.25, 0.3) is 0 Å². The third kappa shape index (κ3) is 7.40. The van der Waals surface area contributed by atoms with Crippen LogP contribution in [-0.2, 0) is 21.5 Å². The van der Waals surface area contributed by atoms with Crippen LogP contribution in [0.3, 0.4) is 0 Å². The van der Waals surface area contributed by atoms with Crippen LogP contribution in [0.2, 0.25) is 0 Å². The summed E-state index contributed by atoms with van der Waals surface area (Å²) >= 11 is 0. The number of rotatable bonds is 10. The minimum Gasteiger partial charge on any atom is -0.483 e. The number of carbonyl (C=O) groups is 2. The van der Waals surface area contributed by atoms with Crippen molar-refractivity contribution < 1.29 is 14.3 Å². The molecule has 5 heteroatoms. The molecule has 5 nitrogen and oxygen atoms in total. The standard InChI is InChI=1S/C27H38N2O3/c1-7-23(26(31)28-17-20(2)3)29(18-21-13-9-8-10-14-21)25(30)19-32-24-16-12-11-15-22(24)27(4,5)6/h8-16,20,23H,7,17-19H2,1-6H3,(H,28,31). The Labute approximate surface area is 193 Å². The molecule has 0 spiro atoms. The van der Waals surface area contributed by atoms with Crippen molar-refractivity contribution in [2.45, 2.75) is 66.0 Å². The van der Waals surface area contributed by atoms with E-state index in [1.807, 2.05) is 61.5 Å². The van der Waals surface area contributed by atoms with E-state index in [0.717, 1.165) is 11.1 Å². The fourth-order valence-corrected chi connectivity index (χ4v) is 3.56. The molecule has 2 aromatic rings. The molecular weight excluding hydrogens is 400 g/mol. The summed E-state index contributed by atoms with van der Waals surface area (Å²) in [6, 6.07) is 17.0. The first-order valence-electron chi connectivity index (χ1n) is 11.5. The molecule has 1 N–H and O–H groups in total. The first-order chi connectivity index (χ1) is 15.1. The largest absolute Gasteiger partial charge is 0.483 e. The van der Waals surface area contributed by atoms with E-state index in [1.54, 1.807) is 4.90 Å². The Balaban J connectivity index is 2.23. The predicted octanol–water partition coefficient (Wildman–Crippen LogP) is 4.94. The maximum Gasteiger partial charge on any atom is 0.261 e. The maximum absolute atomic E-state index is 13.3. The summed E-state index contributed by atoms with van der Waals surface area (Å²) in [5.41, 5.74) is 1.92. The zero-order chi connectivity index (χ0) is 23.7. The summed E-state index contributed by atoms with van der Waals surface area (Å²) < 4.78 is 5.99. The third-order valence-electron chi connectivity index (χ3n) is 5.31. The van der Waals surface area contributed by atoms with Crippen molar-refractivity contribution in [1.29, 1.82) is 0 Å². The highest BCUT2D eigenvalue weighted by atomic mass is 16.5. The Morgan fingerprint density at radius 1 is 1.00 bits per heavy atom. The molecule has 2 rings (SSSR count). The average molecular weight is 439 g/mol. The summed E-state index contributed by atoms with van der Waals surface area (Å²) in [6.07, 6.45) is 0.529. The van der Waals surface area contributed by atoms with Crippen molar-refractivity contribution in [2.75, 3.05) is 13.2 Å². The van der Waals surface area contributed by atoms with Crippen LogP contribution in [0.1, 0.15) is 59.1 Å². The second kappa shape index (κ2) is 11.7. The summed E-state index contributed by atoms with van der Waals surface area (Å²) in [7, 11) is 0. The number of nitrogens with zero attached hydrogens (tertiary/aromatic N) is 1. The summed E-state index contributed by atoms with van der Waals surface area (Å²) in [5, 5.41) is 2.98. The molecular formula is C27H38N2O3. The molecule has 0 aliphatic rings. The van der Waals surface area contributed by atoms with Gasteiger partial charge in [0.15, 0.2) is 6.61 Å². The quantitative estimate of drug-likeness (QED) is 0.571. The van der Waals surface area contributed by atoms with Gasteiger partial charge < -0.3 is 15.0 Å². The molecule has 0 aliphatic carbocycles. The lowest BCUT2D eigenvalue weighted by Gasteiger charge is -2.31. The van der Waals surface area contributed by atoms with Gasteiger partial charge in [-0.15, -0.1) is 0 Å². The molecule has 0 heterocycles. The average Bonchev–Trinajstić information content (AvgIpc) is 2.76. The van der Waals surface area contributed by atoms with Crippen molar-refractivity contribution in [3.63, 3.8) is 0 Å². The monoisotopic (exact) mass is 438 g/mol. The van der Waals surface area contributed by atoms with Crippen LogP contribution in [0.4, 0.5) is 0 Å². The molecule has 2 aromatic carbocycles. The van der Waals surface area contributed by atoms with E-state index >= 15 is 0 Å². The van der Waals surface area contributed by atoms with Gasteiger partial charge in [0.25, 0.3) is 5.91 Å². The first kappa shape index (κ1) is 25.4. The molecule has 2 amide bonds. The Kier molecular flexibility index (Phi) is 9.30. The Hall–Kier alpha value is -2.82. The first-order valence-corrected chi connectivity index (χ1v) is 11.5. The van der Waals surface area contributed by atoms with Gasteiger partial charge in [-0.2, -0.15) is 0 Å². The van der Waals surface area contributed by atoms with Gasteiger partial charge in [-0.25, -0.2) is 0 Å². The SMILES string of the molecule is CCC(C(=O)NCC(C)C)N(Cc1ccccc1)C(=O)COc1ccccc1C(C)(C)C. The molecule has 0 radical (unpaired) electrons. The second-order valence-corrected chi connectivity index (χ2v) is 9.61. The minimum absolute atomic E-state index is 0.105. The van der Waals surface area contributed by atoms with Gasteiger partial charge in [-0.3, -0.25) is 9.59 Å². The molecule has 32 heavy (non-hydrogen) atoms. The third-order valence-corrected chi connectivity index (χ3v) is 5.31. The van der Waals surface area contributed by atoms with Crippen LogP contribution in [0, 0.1) is 5.92 Å². The number of para-hydroxylation sites is 1. The van der Waals surface area contributed by atoms with Crippen LogP contribution in [0.5, 0.6) is 5.75 Å². The molecule has 0 saturated heterocycles. The molecule has 1 atom stereocenters. The topological polar surface area (TPSA) is 58.6 Å². The highest BCUT2D eigenvalue weighted by Crippen LogP contribution is 2.31. The van der Waals surface area contributed by atoms with Gasteiger partial charge in [0.1, 0.15) is 11.8 Å². The second-order valence-electron chi connectivity index (χ2n) is 9.61. The van der Waals surface area contributed by atoms with E-state index in [4.69, 9.17) is 4.74 Å². The molecule has 0 aliphatic heterocycles. The van der Waals surface area contributed by atoms with Crippen molar-refractivity contribution in [3.05, 3.63) is 65.7 Å². The van der Waals surface area contributed by atoms with Gasteiger partial charge >= 0.3 is 0 Å². The minimum atomic E-state index is -0.553. The predicted molar refractivity (Wildman–Crippen MR) is 130 cm³/mol. The van der Waals surface area contributed by atoms with E-state index in [2.05, 4.69) is 39.9 Å². The Bertz CT molecular complexity index is 872. The number of hydrogen-bond donors (Lipinski definition) is 1. The number of benzene rings is 2.